The monoisotopic (exact) mass is 372 g/mol. The molecule has 0 saturated heterocycles. The van der Waals surface area contributed by atoms with Crippen LogP contribution in [0.15, 0.2) is 76.7 Å². The Balaban J connectivity index is 1.69. The number of hydrogen-bond acceptors (Lipinski definition) is 6. The first-order valence-corrected chi connectivity index (χ1v) is 8.61. The second-order valence-electron chi connectivity index (χ2n) is 6.34. The first-order valence-electron chi connectivity index (χ1n) is 8.61. The van der Waals surface area contributed by atoms with Gasteiger partial charge in [0.2, 0.25) is 5.88 Å². The smallest absolute Gasteiger partial charge is 0.343 e. The molecule has 1 aliphatic rings. The number of fused-ring (bicyclic) bond motifs is 1. The van der Waals surface area contributed by atoms with Crippen molar-refractivity contribution in [1.29, 1.82) is 5.26 Å². The molecule has 0 fully saturated rings. The van der Waals surface area contributed by atoms with Crippen LogP contribution in [0.5, 0.6) is 11.5 Å². The highest BCUT2D eigenvalue weighted by molar-refractivity contribution is 5.92. The van der Waals surface area contributed by atoms with Gasteiger partial charge < -0.3 is 19.6 Å². The molecule has 4 rings (SSSR count). The van der Waals surface area contributed by atoms with Crippen molar-refractivity contribution in [3.05, 3.63) is 94.8 Å². The van der Waals surface area contributed by atoms with Crippen molar-refractivity contribution in [3.8, 4) is 17.6 Å². The van der Waals surface area contributed by atoms with Gasteiger partial charge in [-0.1, -0.05) is 24.3 Å². The highest BCUT2D eigenvalue weighted by Crippen LogP contribution is 2.43. The van der Waals surface area contributed by atoms with Crippen LogP contribution in [0.2, 0.25) is 0 Å². The molecule has 1 aliphatic heterocycles. The van der Waals surface area contributed by atoms with Crippen molar-refractivity contribution in [2.75, 3.05) is 0 Å². The number of carbonyl (C=O) groups excluding carboxylic acids is 1. The number of allylic oxidation sites excluding steroid dienone is 1. The van der Waals surface area contributed by atoms with Crippen molar-refractivity contribution in [2.45, 2.75) is 12.8 Å². The molecule has 0 bridgehead atoms. The summed E-state index contributed by atoms with van der Waals surface area (Å²) in [6, 6.07) is 17.8. The second kappa shape index (κ2) is 6.97. The number of esters is 1. The van der Waals surface area contributed by atoms with Crippen molar-refractivity contribution in [3.63, 3.8) is 0 Å². The average Bonchev–Trinajstić information content (AvgIpc) is 3.21. The summed E-state index contributed by atoms with van der Waals surface area (Å²) < 4.78 is 16.6. The lowest BCUT2D eigenvalue weighted by Gasteiger charge is -2.25. The summed E-state index contributed by atoms with van der Waals surface area (Å²) in [7, 11) is 0. The van der Waals surface area contributed by atoms with E-state index in [9.17, 15) is 10.1 Å². The number of aryl methyl sites for hydroxylation is 1. The molecular formula is C22H16N2O4. The Morgan fingerprint density at radius 3 is 2.71 bits per heavy atom. The Hall–Kier alpha value is -3.98. The van der Waals surface area contributed by atoms with Crippen LogP contribution < -0.4 is 15.2 Å². The van der Waals surface area contributed by atoms with E-state index in [1.165, 1.54) is 6.26 Å². The van der Waals surface area contributed by atoms with Gasteiger partial charge >= 0.3 is 5.97 Å². The van der Waals surface area contributed by atoms with Crippen LogP contribution in [0.1, 0.15) is 33.2 Å². The predicted octanol–water partition coefficient (Wildman–Crippen LogP) is 4.03. The van der Waals surface area contributed by atoms with Crippen LogP contribution in [-0.4, -0.2) is 5.97 Å². The Morgan fingerprint density at radius 2 is 2.00 bits per heavy atom. The van der Waals surface area contributed by atoms with Gasteiger partial charge in [-0.05, 0) is 36.8 Å². The van der Waals surface area contributed by atoms with Gasteiger partial charge in [0.1, 0.15) is 28.9 Å². The number of nitrogens with two attached hydrogens (primary N) is 1. The largest absolute Gasteiger partial charge is 0.468 e. The molecule has 1 aromatic heterocycles. The number of nitriles is 1. The standard InChI is InChI=1S/C22H16N2O4/c1-13-5-2-3-6-15(13)22(25)27-14-8-9-16-19(11-14)28-21(24)17(12-23)20(16)18-7-4-10-26-18/h2-11,20H,24H2,1H3. The van der Waals surface area contributed by atoms with Crippen LogP contribution in [-0.2, 0) is 0 Å². The third-order valence-electron chi connectivity index (χ3n) is 4.59. The fourth-order valence-electron chi connectivity index (χ4n) is 3.21. The normalized spacial score (nSPS) is 15.4. The Labute approximate surface area is 161 Å². The Kier molecular flexibility index (Phi) is 4.34. The van der Waals surface area contributed by atoms with Gasteiger partial charge in [0.25, 0.3) is 0 Å². The van der Waals surface area contributed by atoms with E-state index < -0.39 is 11.9 Å². The molecule has 1 unspecified atom stereocenters. The van der Waals surface area contributed by atoms with Crippen LogP contribution in [0.4, 0.5) is 0 Å². The van der Waals surface area contributed by atoms with Gasteiger partial charge in [-0.3, -0.25) is 0 Å². The lowest BCUT2D eigenvalue weighted by atomic mass is 9.87. The first kappa shape index (κ1) is 17.4. The topological polar surface area (TPSA) is 98.5 Å². The molecule has 28 heavy (non-hydrogen) atoms. The van der Waals surface area contributed by atoms with Gasteiger partial charge in [0, 0.05) is 11.6 Å². The minimum atomic E-state index is -0.482. The summed E-state index contributed by atoms with van der Waals surface area (Å²) in [5.74, 6) is 0.362. The Bertz CT molecular complexity index is 1120. The molecule has 0 spiro atoms. The van der Waals surface area contributed by atoms with Crippen molar-refractivity contribution < 1.29 is 18.7 Å². The zero-order valence-corrected chi connectivity index (χ0v) is 15.0. The van der Waals surface area contributed by atoms with E-state index in [-0.39, 0.29) is 11.5 Å². The summed E-state index contributed by atoms with van der Waals surface area (Å²) in [5.41, 5.74) is 8.24. The van der Waals surface area contributed by atoms with Crippen molar-refractivity contribution in [1.82, 2.24) is 0 Å². The molecule has 2 heterocycles. The molecule has 0 aliphatic carbocycles. The number of hydrogen-bond donors (Lipinski definition) is 1. The molecular weight excluding hydrogens is 356 g/mol. The zero-order chi connectivity index (χ0) is 19.7. The maximum Gasteiger partial charge on any atom is 0.343 e. The highest BCUT2D eigenvalue weighted by Gasteiger charge is 2.32. The molecule has 3 aromatic rings. The van der Waals surface area contributed by atoms with E-state index in [4.69, 9.17) is 19.6 Å². The highest BCUT2D eigenvalue weighted by atomic mass is 16.5. The number of nitrogens with zero attached hydrogens (tertiary/aromatic N) is 1. The van der Waals surface area contributed by atoms with Crippen molar-refractivity contribution >= 4 is 5.97 Å². The number of ether oxygens (including phenoxy) is 2. The molecule has 0 amide bonds. The number of benzene rings is 2. The summed E-state index contributed by atoms with van der Waals surface area (Å²) in [6.45, 7) is 1.84. The summed E-state index contributed by atoms with van der Waals surface area (Å²) >= 11 is 0. The number of rotatable bonds is 3. The van der Waals surface area contributed by atoms with Gasteiger partial charge in [0.15, 0.2) is 0 Å². The molecule has 6 heteroatoms. The van der Waals surface area contributed by atoms with Crippen LogP contribution in [0, 0.1) is 18.3 Å². The maximum absolute atomic E-state index is 12.5. The van der Waals surface area contributed by atoms with Gasteiger partial charge in [0.05, 0.1) is 17.7 Å². The van der Waals surface area contributed by atoms with E-state index in [1.54, 1.807) is 42.5 Å². The molecule has 2 aromatic carbocycles. The summed E-state index contributed by atoms with van der Waals surface area (Å²) in [4.78, 5) is 12.5. The number of furan rings is 1. The third kappa shape index (κ3) is 2.99. The van der Waals surface area contributed by atoms with Crippen LogP contribution in [0.3, 0.4) is 0 Å². The Morgan fingerprint density at radius 1 is 1.18 bits per heavy atom. The van der Waals surface area contributed by atoms with E-state index in [2.05, 4.69) is 6.07 Å². The fraction of sp³-hybridized carbons (Fsp3) is 0.0909. The van der Waals surface area contributed by atoms with E-state index in [0.29, 0.717) is 28.4 Å². The minimum Gasteiger partial charge on any atom is -0.468 e. The zero-order valence-electron chi connectivity index (χ0n) is 15.0. The quantitative estimate of drug-likeness (QED) is 0.551. The third-order valence-corrected chi connectivity index (χ3v) is 4.59. The molecule has 1 atom stereocenters. The average molecular weight is 372 g/mol. The molecule has 6 nitrogen and oxygen atoms in total. The van der Waals surface area contributed by atoms with Gasteiger partial charge in [-0.2, -0.15) is 5.26 Å². The first-order chi connectivity index (χ1) is 13.6. The number of carbonyl (C=O) groups is 1. The van der Waals surface area contributed by atoms with Crippen molar-refractivity contribution in [2.24, 2.45) is 5.73 Å². The van der Waals surface area contributed by atoms with E-state index >= 15 is 0 Å². The van der Waals surface area contributed by atoms with E-state index in [1.807, 2.05) is 19.1 Å². The SMILES string of the molecule is Cc1ccccc1C(=O)Oc1ccc2c(c1)OC(N)=C(C#N)C2c1ccco1. The molecule has 0 radical (unpaired) electrons. The molecule has 0 saturated carbocycles. The molecule has 138 valence electrons. The van der Waals surface area contributed by atoms with Gasteiger partial charge in [-0.15, -0.1) is 0 Å². The predicted molar refractivity (Wildman–Crippen MR) is 101 cm³/mol. The van der Waals surface area contributed by atoms with Crippen LogP contribution >= 0.6 is 0 Å². The fourth-order valence-corrected chi connectivity index (χ4v) is 3.21. The van der Waals surface area contributed by atoms with Gasteiger partial charge in [-0.25, -0.2) is 4.79 Å². The minimum absolute atomic E-state index is 0.00113. The van der Waals surface area contributed by atoms with E-state index in [0.717, 1.165) is 5.56 Å². The van der Waals surface area contributed by atoms with Crippen LogP contribution in [0.25, 0.3) is 0 Å². The molecule has 2 N–H and O–H groups in total. The summed E-state index contributed by atoms with van der Waals surface area (Å²) in [6.07, 6.45) is 1.54. The lowest BCUT2D eigenvalue weighted by Crippen LogP contribution is -2.21. The summed E-state index contributed by atoms with van der Waals surface area (Å²) in [5, 5.41) is 9.50. The lowest BCUT2D eigenvalue weighted by molar-refractivity contribution is 0.0733. The maximum atomic E-state index is 12.5. The second-order valence-corrected chi connectivity index (χ2v) is 6.34.